The van der Waals surface area contributed by atoms with E-state index in [4.69, 9.17) is 0 Å². The van der Waals surface area contributed by atoms with Crippen LogP contribution >= 0.6 is 0 Å². The van der Waals surface area contributed by atoms with Crippen LogP contribution in [-0.2, 0) is 0 Å². The van der Waals surface area contributed by atoms with E-state index in [2.05, 4.69) is 109 Å². The minimum absolute atomic E-state index is 0.0270. The molecule has 4 heteroatoms. The molecule has 0 aromatic heterocycles. The molecule has 0 spiro atoms. The molecule has 4 N–H and O–H groups in total. The molecule has 0 saturated heterocycles. The van der Waals surface area contributed by atoms with Gasteiger partial charge in [0.15, 0.2) is 0 Å². The number of hydrogen-bond acceptors (Lipinski definition) is 4. The summed E-state index contributed by atoms with van der Waals surface area (Å²) in [6.45, 7) is 29.3. The monoisotopic (exact) mass is 544 g/mol. The zero-order valence-electron chi connectivity index (χ0n) is 27.6. The third-order valence-electron chi connectivity index (χ3n) is 10.7. The van der Waals surface area contributed by atoms with Crippen molar-refractivity contribution in [1.29, 1.82) is 0 Å². The fraction of sp³-hybridized carbons (Fsp3) is 0.771. The molecule has 0 aromatic carbocycles. The summed E-state index contributed by atoms with van der Waals surface area (Å²) in [4.78, 5) is 0. The summed E-state index contributed by atoms with van der Waals surface area (Å²) in [5.41, 5.74) is -0.826. The first-order valence-electron chi connectivity index (χ1n) is 14.7. The van der Waals surface area contributed by atoms with Gasteiger partial charge < -0.3 is 20.4 Å². The van der Waals surface area contributed by atoms with Crippen LogP contribution in [0.1, 0.15) is 110 Å². The molecule has 0 aliphatic heterocycles. The van der Waals surface area contributed by atoms with Gasteiger partial charge >= 0.3 is 0 Å². The van der Waals surface area contributed by atoms with Crippen molar-refractivity contribution in [2.24, 2.45) is 37.9 Å². The molecular formula is C35H60O4. The van der Waals surface area contributed by atoms with E-state index in [-0.39, 0.29) is 32.5 Å². The van der Waals surface area contributed by atoms with E-state index in [1.807, 2.05) is 12.2 Å². The molecule has 2 rings (SSSR count). The third kappa shape index (κ3) is 5.65. The maximum absolute atomic E-state index is 13.3. The van der Waals surface area contributed by atoms with Gasteiger partial charge in [0.25, 0.3) is 0 Å². The second-order valence-electron chi connectivity index (χ2n) is 17.1. The van der Waals surface area contributed by atoms with E-state index < -0.39 is 30.8 Å². The molecule has 2 atom stereocenters. The van der Waals surface area contributed by atoms with Crippen molar-refractivity contribution in [2.45, 2.75) is 115 Å². The van der Waals surface area contributed by atoms with Gasteiger partial charge in [-0.2, -0.15) is 0 Å². The van der Waals surface area contributed by atoms with Crippen LogP contribution in [-0.4, -0.2) is 45.8 Å². The SMILES string of the molecule is CC(C)(C)C1=C(C(O)(C2=C(C(C)(C)C)CC(C)(C(C)(C)C)C=C2)C(CO)(CO)CO)C=CC(C)(C(C)(C)C)C1. The summed E-state index contributed by atoms with van der Waals surface area (Å²) in [5, 5.41) is 45.8. The van der Waals surface area contributed by atoms with Crippen LogP contribution in [0.4, 0.5) is 0 Å². The first-order valence-corrected chi connectivity index (χ1v) is 14.7. The van der Waals surface area contributed by atoms with Crippen LogP contribution in [0.2, 0.25) is 0 Å². The van der Waals surface area contributed by atoms with E-state index in [0.29, 0.717) is 11.1 Å². The van der Waals surface area contributed by atoms with Crippen molar-refractivity contribution in [3.8, 4) is 0 Å². The highest BCUT2D eigenvalue weighted by Crippen LogP contribution is 2.59. The zero-order chi connectivity index (χ0) is 30.7. The van der Waals surface area contributed by atoms with E-state index in [0.717, 1.165) is 24.0 Å². The molecule has 0 aromatic rings. The lowest BCUT2D eigenvalue weighted by Gasteiger charge is -2.54. The van der Waals surface area contributed by atoms with Crippen molar-refractivity contribution in [3.05, 3.63) is 46.6 Å². The molecular weight excluding hydrogens is 484 g/mol. The first-order chi connectivity index (χ1) is 17.3. The number of hydrogen-bond donors (Lipinski definition) is 4. The van der Waals surface area contributed by atoms with E-state index in [9.17, 15) is 20.4 Å². The first kappa shape index (κ1) is 34.0. The average molecular weight is 545 g/mol. The summed E-state index contributed by atoms with van der Waals surface area (Å²) < 4.78 is 0. The minimum Gasteiger partial charge on any atom is -0.395 e. The van der Waals surface area contributed by atoms with Crippen molar-refractivity contribution < 1.29 is 20.4 Å². The van der Waals surface area contributed by atoms with Gasteiger partial charge in [-0.1, -0.05) is 132 Å². The number of allylic oxidation sites excluding steroid dienone is 4. The Balaban J connectivity index is 3.13. The standard InChI is InChI=1S/C35H60O4/c1-28(2,3)26-19-32(13,30(7,8)9)17-15-24(26)35(39,34(21-36,22-37)23-38)25-16-18-33(14,31(10,11)12)20-27(25)29(4,5)6/h15-18,36-39H,19-23H2,1-14H3. The largest absolute Gasteiger partial charge is 0.395 e. The van der Waals surface area contributed by atoms with Gasteiger partial charge in [-0.25, -0.2) is 0 Å². The molecule has 2 aliphatic rings. The van der Waals surface area contributed by atoms with Crippen LogP contribution in [0.5, 0.6) is 0 Å². The molecule has 2 unspecified atom stereocenters. The highest BCUT2D eigenvalue weighted by Gasteiger charge is 2.58. The maximum atomic E-state index is 13.3. The topological polar surface area (TPSA) is 80.9 Å². The lowest BCUT2D eigenvalue weighted by Crippen LogP contribution is -2.59. The molecule has 224 valence electrons. The Kier molecular flexibility index (Phi) is 8.95. The molecule has 0 saturated carbocycles. The van der Waals surface area contributed by atoms with Gasteiger partial charge in [0.2, 0.25) is 0 Å². The number of aliphatic hydroxyl groups is 4. The summed E-state index contributed by atoms with van der Waals surface area (Å²) in [6, 6.07) is 0. The number of aliphatic hydroxyl groups excluding tert-OH is 3. The van der Waals surface area contributed by atoms with Gasteiger partial charge in [0.05, 0.1) is 25.2 Å². The number of rotatable bonds is 6. The molecule has 0 amide bonds. The van der Waals surface area contributed by atoms with Crippen molar-refractivity contribution in [3.63, 3.8) is 0 Å². The van der Waals surface area contributed by atoms with Crippen molar-refractivity contribution in [2.75, 3.05) is 19.8 Å². The van der Waals surface area contributed by atoms with E-state index in [1.165, 1.54) is 0 Å². The van der Waals surface area contributed by atoms with Crippen LogP contribution < -0.4 is 0 Å². The Morgan fingerprint density at radius 2 is 0.872 bits per heavy atom. The summed E-state index contributed by atoms with van der Waals surface area (Å²) >= 11 is 0. The molecule has 4 nitrogen and oxygen atoms in total. The van der Waals surface area contributed by atoms with E-state index in [1.54, 1.807) is 0 Å². The smallest absolute Gasteiger partial charge is 0.127 e. The highest BCUT2D eigenvalue weighted by atomic mass is 16.3. The predicted molar refractivity (Wildman–Crippen MR) is 164 cm³/mol. The van der Waals surface area contributed by atoms with Crippen LogP contribution in [0.3, 0.4) is 0 Å². The lowest BCUT2D eigenvalue weighted by atomic mass is 9.52. The molecule has 0 radical (unpaired) electrons. The molecule has 0 heterocycles. The lowest BCUT2D eigenvalue weighted by molar-refractivity contribution is -0.113. The quantitative estimate of drug-likeness (QED) is 0.281. The maximum Gasteiger partial charge on any atom is 0.127 e. The van der Waals surface area contributed by atoms with Gasteiger partial charge in [-0.05, 0) is 56.5 Å². The van der Waals surface area contributed by atoms with Gasteiger partial charge in [0, 0.05) is 0 Å². The second kappa shape index (κ2) is 10.3. The van der Waals surface area contributed by atoms with E-state index >= 15 is 0 Å². The van der Waals surface area contributed by atoms with Crippen molar-refractivity contribution >= 4 is 0 Å². The highest BCUT2D eigenvalue weighted by molar-refractivity contribution is 5.56. The van der Waals surface area contributed by atoms with Crippen LogP contribution in [0, 0.1) is 37.9 Å². The molecule has 39 heavy (non-hydrogen) atoms. The Morgan fingerprint density at radius 3 is 1.08 bits per heavy atom. The Bertz CT molecular complexity index is 958. The average Bonchev–Trinajstić information content (AvgIpc) is 2.77. The third-order valence-corrected chi connectivity index (χ3v) is 10.7. The van der Waals surface area contributed by atoms with Crippen LogP contribution in [0.15, 0.2) is 46.6 Å². The summed E-state index contributed by atoms with van der Waals surface area (Å²) in [6.07, 6.45) is 9.92. The summed E-state index contributed by atoms with van der Waals surface area (Å²) in [7, 11) is 0. The fourth-order valence-electron chi connectivity index (χ4n) is 6.03. The zero-order valence-corrected chi connectivity index (χ0v) is 27.6. The second-order valence-corrected chi connectivity index (χ2v) is 17.1. The Morgan fingerprint density at radius 1 is 0.590 bits per heavy atom. The van der Waals surface area contributed by atoms with Gasteiger partial charge in [-0.15, -0.1) is 0 Å². The van der Waals surface area contributed by atoms with Gasteiger partial charge in [0.1, 0.15) is 5.60 Å². The predicted octanol–water partition coefficient (Wildman–Crippen LogP) is 7.39. The fourth-order valence-corrected chi connectivity index (χ4v) is 6.03. The molecule has 0 bridgehead atoms. The van der Waals surface area contributed by atoms with Crippen LogP contribution in [0.25, 0.3) is 0 Å². The minimum atomic E-state index is -1.82. The normalized spacial score (nSPS) is 27.3. The summed E-state index contributed by atoms with van der Waals surface area (Å²) in [5.74, 6) is 0. The molecule has 2 aliphatic carbocycles. The van der Waals surface area contributed by atoms with Crippen molar-refractivity contribution in [1.82, 2.24) is 0 Å². The Labute approximate surface area is 240 Å². The van der Waals surface area contributed by atoms with Gasteiger partial charge in [-0.3, -0.25) is 0 Å². The Hall–Kier alpha value is -1.20. The molecule has 0 fully saturated rings.